The summed E-state index contributed by atoms with van der Waals surface area (Å²) in [6, 6.07) is 1.48. The molecule has 0 amide bonds. The molecule has 8 heteroatoms. The molecule has 90 valence electrons. The van der Waals surface area contributed by atoms with Gasteiger partial charge in [-0.3, -0.25) is 4.79 Å². The fraction of sp³-hybridized carbons (Fsp3) is 0.222. The van der Waals surface area contributed by atoms with Gasteiger partial charge >= 0.3 is 6.18 Å². The van der Waals surface area contributed by atoms with Crippen LogP contribution in [0, 0.1) is 11.3 Å². The third-order valence-electron chi connectivity index (χ3n) is 1.83. The third-order valence-corrected chi connectivity index (χ3v) is 1.83. The van der Waals surface area contributed by atoms with Crippen molar-refractivity contribution in [3.05, 3.63) is 28.6 Å². The number of hydrogen-bond acceptors (Lipinski definition) is 3. The lowest BCUT2D eigenvalue weighted by atomic mass is 10.1. The maximum atomic E-state index is 12.4. The number of hydrogen-bond donors (Lipinski definition) is 0. The van der Waals surface area contributed by atoms with E-state index in [1.165, 1.54) is 6.07 Å². The molecule has 0 spiro atoms. The highest BCUT2D eigenvalue weighted by Crippen LogP contribution is 2.36. The largest absolute Gasteiger partial charge is 0.418 e. The minimum atomic E-state index is -5.06. The van der Waals surface area contributed by atoms with Crippen molar-refractivity contribution in [2.24, 2.45) is 0 Å². The molecule has 17 heavy (non-hydrogen) atoms. The van der Waals surface area contributed by atoms with Crippen LogP contribution in [-0.2, 0) is 6.18 Å². The van der Waals surface area contributed by atoms with Crippen molar-refractivity contribution in [2.45, 2.75) is 12.6 Å². The lowest BCUT2D eigenvalue weighted by molar-refractivity contribution is -0.140. The van der Waals surface area contributed by atoms with Gasteiger partial charge in [0.25, 0.3) is 6.43 Å². The number of halogens is 5. The number of aromatic nitrogens is 1. The lowest BCUT2D eigenvalue weighted by Crippen LogP contribution is -2.13. The molecule has 0 unspecified atom stereocenters. The molecule has 0 atom stereocenters. The number of alkyl halides is 5. The Labute approximate surface area is 91.5 Å². The quantitative estimate of drug-likeness (QED) is 0.599. The number of nitrogens with zero attached hydrogens (tertiary/aromatic N) is 2. The summed E-state index contributed by atoms with van der Waals surface area (Å²) in [7, 11) is 0. The summed E-state index contributed by atoms with van der Waals surface area (Å²) in [6.07, 6.45) is -8.60. The first-order valence-electron chi connectivity index (χ1n) is 4.06. The number of aldehydes is 1. The molecule has 0 saturated heterocycles. The van der Waals surface area contributed by atoms with Crippen molar-refractivity contribution in [3.63, 3.8) is 0 Å². The number of carbonyl (C=O) groups excluding carboxylic acids is 1. The van der Waals surface area contributed by atoms with Crippen LogP contribution < -0.4 is 0 Å². The second-order valence-electron chi connectivity index (χ2n) is 2.88. The average molecular weight is 250 g/mol. The van der Waals surface area contributed by atoms with E-state index < -0.39 is 35.1 Å². The average Bonchev–Trinajstić information content (AvgIpc) is 2.25. The molecular weight excluding hydrogens is 247 g/mol. The minimum absolute atomic E-state index is 0.0510. The number of pyridine rings is 1. The summed E-state index contributed by atoms with van der Waals surface area (Å²) in [4.78, 5) is 13.2. The monoisotopic (exact) mass is 250 g/mol. The summed E-state index contributed by atoms with van der Waals surface area (Å²) in [5.41, 5.74) is -4.71. The van der Waals surface area contributed by atoms with Gasteiger partial charge in [0, 0.05) is 0 Å². The van der Waals surface area contributed by atoms with E-state index in [4.69, 9.17) is 5.26 Å². The molecule has 0 radical (unpaired) electrons. The van der Waals surface area contributed by atoms with E-state index in [0.29, 0.717) is 0 Å². The SMILES string of the molecule is N#Cc1cc(C(F)(F)F)c(C(F)F)nc1C=O. The van der Waals surface area contributed by atoms with Crippen LogP contribution in [0.1, 0.15) is 33.7 Å². The highest BCUT2D eigenvalue weighted by atomic mass is 19.4. The van der Waals surface area contributed by atoms with Crippen molar-refractivity contribution in [3.8, 4) is 6.07 Å². The van der Waals surface area contributed by atoms with Gasteiger partial charge in [0.15, 0.2) is 6.29 Å². The van der Waals surface area contributed by atoms with Crippen LogP contribution in [-0.4, -0.2) is 11.3 Å². The van der Waals surface area contributed by atoms with Crippen LogP contribution in [0.3, 0.4) is 0 Å². The summed E-state index contributed by atoms with van der Waals surface area (Å²) >= 11 is 0. The molecule has 1 aromatic heterocycles. The van der Waals surface area contributed by atoms with E-state index in [1.807, 2.05) is 0 Å². The van der Waals surface area contributed by atoms with Crippen LogP contribution >= 0.6 is 0 Å². The topological polar surface area (TPSA) is 53.8 Å². The van der Waals surface area contributed by atoms with Gasteiger partial charge < -0.3 is 0 Å². The maximum absolute atomic E-state index is 12.4. The predicted octanol–water partition coefficient (Wildman–Crippen LogP) is 2.72. The van der Waals surface area contributed by atoms with Gasteiger partial charge in [0.2, 0.25) is 0 Å². The van der Waals surface area contributed by atoms with Gasteiger partial charge in [-0.15, -0.1) is 0 Å². The van der Waals surface area contributed by atoms with E-state index in [1.54, 1.807) is 0 Å². The van der Waals surface area contributed by atoms with E-state index in [2.05, 4.69) is 4.98 Å². The molecule has 1 rings (SSSR count). The zero-order chi connectivity index (χ0) is 13.2. The summed E-state index contributed by atoms with van der Waals surface area (Å²) in [5.74, 6) is 0. The van der Waals surface area contributed by atoms with Crippen molar-refractivity contribution < 1.29 is 26.7 Å². The Morgan fingerprint density at radius 3 is 2.35 bits per heavy atom. The zero-order valence-corrected chi connectivity index (χ0v) is 7.92. The number of carbonyl (C=O) groups is 1. The number of nitriles is 1. The first-order chi connectivity index (χ1) is 7.81. The molecule has 0 aliphatic heterocycles. The van der Waals surface area contributed by atoms with Crippen molar-refractivity contribution in [1.29, 1.82) is 5.26 Å². The smallest absolute Gasteiger partial charge is 0.296 e. The standard InChI is InChI=1S/C9H3F5N2O/c10-8(11)7-5(9(12,13)14)1-4(2-15)6(3-17)16-7/h1,3,8H. The second kappa shape index (κ2) is 4.45. The van der Waals surface area contributed by atoms with Gasteiger partial charge in [0.1, 0.15) is 17.5 Å². The van der Waals surface area contributed by atoms with E-state index in [-0.39, 0.29) is 12.4 Å². The van der Waals surface area contributed by atoms with Crippen LogP contribution in [0.2, 0.25) is 0 Å². The second-order valence-corrected chi connectivity index (χ2v) is 2.88. The Bertz CT molecular complexity index is 489. The zero-order valence-electron chi connectivity index (χ0n) is 7.92. The summed E-state index contributed by atoms with van der Waals surface area (Å²) < 4.78 is 61.9. The summed E-state index contributed by atoms with van der Waals surface area (Å²) in [5, 5.41) is 8.47. The molecule has 0 aliphatic carbocycles. The van der Waals surface area contributed by atoms with E-state index >= 15 is 0 Å². The minimum Gasteiger partial charge on any atom is -0.296 e. The fourth-order valence-electron chi connectivity index (χ4n) is 1.12. The molecule has 3 nitrogen and oxygen atoms in total. The molecule has 1 aromatic rings. The molecule has 0 fully saturated rings. The fourth-order valence-corrected chi connectivity index (χ4v) is 1.12. The van der Waals surface area contributed by atoms with Crippen LogP contribution in [0.25, 0.3) is 0 Å². The molecule has 0 N–H and O–H groups in total. The Balaban J connectivity index is 3.59. The number of rotatable bonds is 2. The van der Waals surface area contributed by atoms with Crippen LogP contribution in [0.4, 0.5) is 22.0 Å². The van der Waals surface area contributed by atoms with Gasteiger partial charge in [-0.1, -0.05) is 0 Å². The third kappa shape index (κ3) is 2.55. The Hall–Kier alpha value is -2.04. The normalized spacial score (nSPS) is 11.4. The Morgan fingerprint density at radius 1 is 1.41 bits per heavy atom. The molecule has 1 heterocycles. The highest BCUT2D eigenvalue weighted by Gasteiger charge is 2.37. The lowest BCUT2D eigenvalue weighted by Gasteiger charge is -2.12. The molecule has 0 bridgehead atoms. The molecule has 0 saturated carbocycles. The van der Waals surface area contributed by atoms with E-state index in [9.17, 15) is 26.7 Å². The first-order valence-corrected chi connectivity index (χ1v) is 4.06. The highest BCUT2D eigenvalue weighted by molar-refractivity contribution is 5.76. The summed E-state index contributed by atoms with van der Waals surface area (Å²) in [6.45, 7) is 0. The first kappa shape index (κ1) is 13.0. The van der Waals surface area contributed by atoms with Crippen molar-refractivity contribution in [2.75, 3.05) is 0 Å². The van der Waals surface area contributed by atoms with Gasteiger partial charge in [-0.25, -0.2) is 13.8 Å². The van der Waals surface area contributed by atoms with Gasteiger partial charge in [0.05, 0.1) is 11.1 Å². The van der Waals surface area contributed by atoms with E-state index in [0.717, 1.165) is 0 Å². The predicted molar refractivity (Wildman–Crippen MR) is 44.3 cm³/mol. The van der Waals surface area contributed by atoms with Gasteiger partial charge in [-0.05, 0) is 6.07 Å². The van der Waals surface area contributed by atoms with Crippen molar-refractivity contribution >= 4 is 6.29 Å². The van der Waals surface area contributed by atoms with Crippen molar-refractivity contribution in [1.82, 2.24) is 4.98 Å². The Morgan fingerprint density at radius 2 is 2.00 bits per heavy atom. The van der Waals surface area contributed by atoms with Crippen LogP contribution in [0.5, 0.6) is 0 Å². The molecule has 0 aliphatic rings. The molecular formula is C9H3F5N2O. The van der Waals surface area contributed by atoms with Crippen LogP contribution in [0.15, 0.2) is 6.07 Å². The molecule has 0 aromatic carbocycles. The Kier molecular flexibility index (Phi) is 3.41. The maximum Gasteiger partial charge on any atom is 0.418 e. The van der Waals surface area contributed by atoms with Gasteiger partial charge in [-0.2, -0.15) is 18.4 Å².